The van der Waals surface area contributed by atoms with E-state index in [9.17, 15) is 0 Å². The zero-order chi connectivity index (χ0) is 12.7. The van der Waals surface area contributed by atoms with Crippen LogP contribution in [-0.2, 0) is 6.42 Å². The fraction of sp³-hybridized carbons (Fsp3) is 0.600. The van der Waals surface area contributed by atoms with E-state index < -0.39 is 0 Å². The summed E-state index contributed by atoms with van der Waals surface area (Å²) in [5.74, 6) is 0.725. The van der Waals surface area contributed by atoms with Gasteiger partial charge >= 0.3 is 0 Å². The summed E-state index contributed by atoms with van der Waals surface area (Å²) < 4.78 is 0. The molecule has 0 bridgehead atoms. The summed E-state index contributed by atoms with van der Waals surface area (Å²) in [5, 5.41) is 6.73. The first kappa shape index (κ1) is 14.2. The summed E-state index contributed by atoms with van der Waals surface area (Å²) in [4.78, 5) is 0. The van der Waals surface area contributed by atoms with Crippen molar-refractivity contribution in [3.63, 3.8) is 0 Å². The number of nitrogens with one attached hydrogen (secondary N) is 2. The molecule has 0 fully saturated rings. The van der Waals surface area contributed by atoms with Gasteiger partial charge in [-0.15, -0.1) is 0 Å². The van der Waals surface area contributed by atoms with E-state index in [4.69, 9.17) is 0 Å². The van der Waals surface area contributed by atoms with Gasteiger partial charge in [-0.1, -0.05) is 45.0 Å². The van der Waals surface area contributed by atoms with Gasteiger partial charge < -0.3 is 10.6 Å². The molecule has 1 aromatic carbocycles. The molecule has 0 radical (unpaired) electrons. The highest BCUT2D eigenvalue weighted by Crippen LogP contribution is 2.15. The Kier molecular flexibility index (Phi) is 6.23. The molecule has 2 N–H and O–H groups in total. The molecule has 2 nitrogen and oxygen atoms in total. The topological polar surface area (TPSA) is 24.1 Å². The molecule has 0 amide bonds. The minimum absolute atomic E-state index is 0.406. The largest absolute Gasteiger partial charge is 0.315 e. The zero-order valence-electron chi connectivity index (χ0n) is 11.6. The van der Waals surface area contributed by atoms with Gasteiger partial charge in [0.15, 0.2) is 0 Å². The normalized spacial score (nSPS) is 13.0. The number of hydrogen-bond acceptors (Lipinski definition) is 2. The average molecular weight is 234 g/mol. The molecule has 2 heteroatoms. The molecule has 1 atom stereocenters. The van der Waals surface area contributed by atoms with Crippen molar-refractivity contribution in [1.82, 2.24) is 10.6 Å². The van der Waals surface area contributed by atoms with E-state index in [0.717, 1.165) is 25.4 Å². The van der Waals surface area contributed by atoms with E-state index in [1.54, 1.807) is 0 Å². The van der Waals surface area contributed by atoms with E-state index >= 15 is 0 Å². The summed E-state index contributed by atoms with van der Waals surface area (Å²) >= 11 is 0. The third-order valence-corrected chi connectivity index (χ3v) is 2.97. The van der Waals surface area contributed by atoms with Gasteiger partial charge in [-0.25, -0.2) is 0 Å². The van der Waals surface area contributed by atoms with Crippen molar-refractivity contribution < 1.29 is 0 Å². The van der Waals surface area contributed by atoms with Crippen molar-refractivity contribution in [3.05, 3.63) is 35.4 Å². The molecule has 0 aliphatic carbocycles. The van der Waals surface area contributed by atoms with Crippen LogP contribution in [0.25, 0.3) is 0 Å². The van der Waals surface area contributed by atoms with Crippen molar-refractivity contribution in [1.29, 1.82) is 0 Å². The van der Waals surface area contributed by atoms with Crippen molar-refractivity contribution in [2.24, 2.45) is 5.92 Å². The standard InChI is InChI=1S/C15H26N2/c1-5-17-11-15(16-4)14-8-6-13(7-9-14)10-12(2)3/h6-9,12,15-17H,5,10-11H2,1-4H3. The Bertz CT molecular complexity index is 303. The second-order valence-electron chi connectivity index (χ2n) is 4.99. The van der Waals surface area contributed by atoms with Crippen LogP contribution in [0.4, 0.5) is 0 Å². The molecule has 96 valence electrons. The molecule has 0 spiro atoms. The molecule has 0 heterocycles. The van der Waals surface area contributed by atoms with E-state index in [-0.39, 0.29) is 0 Å². The Hall–Kier alpha value is -0.860. The van der Waals surface area contributed by atoms with Crippen LogP contribution in [0.2, 0.25) is 0 Å². The zero-order valence-corrected chi connectivity index (χ0v) is 11.6. The first-order valence-corrected chi connectivity index (χ1v) is 6.64. The molecule has 0 saturated carbocycles. The molecule has 1 rings (SSSR count). The minimum Gasteiger partial charge on any atom is -0.315 e. The summed E-state index contributed by atoms with van der Waals surface area (Å²) in [5.41, 5.74) is 2.79. The minimum atomic E-state index is 0.406. The molecule has 17 heavy (non-hydrogen) atoms. The molecular weight excluding hydrogens is 208 g/mol. The van der Waals surface area contributed by atoms with Gasteiger partial charge in [-0.3, -0.25) is 0 Å². The monoisotopic (exact) mass is 234 g/mol. The fourth-order valence-corrected chi connectivity index (χ4v) is 2.03. The highest BCUT2D eigenvalue weighted by atomic mass is 15.0. The third kappa shape index (κ3) is 4.88. The van der Waals surface area contributed by atoms with Crippen LogP contribution in [0, 0.1) is 5.92 Å². The van der Waals surface area contributed by atoms with Crippen molar-refractivity contribution in [3.8, 4) is 0 Å². The van der Waals surface area contributed by atoms with Crippen LogP contribution in [0.5, 0.6) is 0 Å². The van der Waals surface area contributed by atoms with Crippen molar-refractivity contribution >= 4 is 0 Å². The lowest BCUT2D eigenvalue weighted by Crippen LogP contribution is -2.29. The third-order valence-electron chi connectivity index (χ3n) is 2.97. The number of hydrogen-bond donors (Lipinski definition) is 2. The lowest BCUT2D eigenvalue weighted by molar-refractivity contribution is 0.538. The maximum atomic E-state index is 3.38. The van der Waals surface area contributed by atoms with Crippen LogP contribution < -0.4 is 10.6 Å². The number of rotatable bonds is 7. The van der Waals surface area contributed by atoms with E-state index in [1.165, 1.54) is 11.1 Å². The van der Waals surface area contributed by atoms with E-state index in [1.807, 2.05) is 7.05 Å². The molecule has 0 aliphatic heterocycles. The average Bonchev–Trinajstić information content (AvgIpc) is 2.31. The maximum absolute atomic E-state index is 3.38. The highest BCUT2D eigenvalue weighted by Gasteiger charge is 2.08. The Morgan fingerprint density at radius 2 is 1.76 bits per heavy atom. The summed E-state index contributed by atoms with van der Waals surface area (Å²) in [6, 6.07) is 9.41. The predicted molar refractivity (Wildman–Crippen MR) is 75.3 cm³/mol. The van der Waals surface area contributed by atoms with Crippen molar-refractivity contribution in [2.45, 2.75) is 33.2 Å². The first-order chi connectivity index (χ1) is 8.17. The molecule has 0 aliphatic rings. The lowest BCUT2D eigenvalue weighted by Gasteiger charge is -2.17. The van der Waals surface area contributed by atoms with Gasteiger partial charge in [0, 0.05) is 12.6 Å². The van der Waals surface area contributed by atoms with E-state index in [2.05, 4.69) is 55.7 Å². The Balaban J connectivity index is 2.64. The Morgan fingerprint density at radius 1 is 1.12 bits per heavy atom. The molecular formula is C15H26N2. The summed E-state index contributed by atoms with van der Waals surface area (Å²) in [6.07, 6.45) is 1.16. The second-order valence-corrected chi connectivity index (χ2v) is 4.99. The van der Waals surface area contributed by atoms with Crippen LogP contribution in [0.1, 0.15) is 37.9 Å². The summed E-state index contributed by atoms with van der Waals surface area (Å²) in [7, 11) is 2.02. The SMILES string of the molecule is CCNCC(NC)c1ccc(CC(C)C)cc1. The Morgan fingerprint density at radius 3 is 2.24 bits per heavy atom. The van der Waals surface area contributed by atoms with Gasteiger partial charge in [0.25, 0.3) is 0 Å². The van der Waals surface area contributed by atoms with Crippen LogP contribution in [-0.4, -0.2) is 20.1 Å². The van der Waals surface area contributed by atoms with Gasteiger partial charge in [0.05, 0.1) is 0 Å². The molecule has 0 saturated heterocycles. The Labute approximate surface area is 106 Å². The van der Waals surface area contributed by atoms with Crippen LogP contribution in [0.3, 0.4) is 0 Å². The predicted octanol–water partition coefficient (Wildman–Crippen LogP) is 2.76. The second kappa shape index (κ2) is 7.46. The van der Waals surface area contributed by atoms with Crippen LogP contribution in [0.15, 0.2) is 24.3 Å². The molecule has 1 aromatic rings. The van der Waals surface area contributed by atoms with Gasteiger partial charge in [-0.2, -0.15) is 0 Å². The summed E-state index contributed by atoms with van der Waals surface area (Å²) in [6.45, 7) is 8.66. The fourth-order valence-electron chi connectivity index (χ4n) is 2.03. The smallest absolute Gasteiger partial charge is 0.0444 e. The van der Waals surface area contributed by atoms with Crippen LogP contribution >= 0.6 is 0 Å². The quantitative estimate of drug-likeness (QED) is 0.758. The van der Waals surface area contributed by atoms with E-state index in [0.29, 0.717) is 6.04 Å². The molecule has 0 aromatic heterocycles. The number of likely N-dealkylation sites (N-methyl/N-ethyl adjacent to an activating group) is 2. The number of benzene rings is 1. The molecule has 1 unspecified atom stereocenters. The van der Waals surface area contributed by atoms with Crippen molar-refractivity contribution in [2.75, 3.05) is 20.1 Å². The van der Waals surface area contributed by atoms with Gasteiger partial charge in [0.1, 0.15) is 0 Å². The van der Waals surface area contributed by atoms with Gasteiger partial charge in [-0.05, 0) is 37.1 Å². The first-order valence-electron chi connectivity index (χ1n) is 6.64. The lowest BCUT2D eigenvalue weighted by atomic mass is 9.99. The highest BCUT2D eigenvalue weighted by molar-refractivity contribution is 5.25. The van der Waals surface area contributed by atoms with Gasteiger partial charge in [0.2, 0.25) is 0 Å². The maximum Gasteiger partial charge on any atom is 0.0444 e.